The van der Waals surface area contributed by atoms with Crippen LogP contribution in [0.5, 0.6) is 5.75 Å². The van der Waals surface area contributed by atoms with Crippen molar-refractivity contribution >= 4 is 5.97 Å². The van der Waals surface area contributed by atoms with Crippen molar-refractivity contribution in [1.82, 2.24) is 0 Å². The van der Waals surface area contributed by atoms with E-state index in [1.807, 2.05) is 6.92 Å². The number of hydrogen-bond acceptors (Lipinski definition) is 3. The van der Waals surface area contributed by atoms with E-state index in [4.69, 9.17) is 4.74 Å². The average Bonchev–Trinajstić information content (AvgIpc) is 2.98. The van der Waals surface area contributed by atoms with Gasteiger partial charge in [-0.3, -0.25) is 0 Å². The van der Waals surface area contributed by atoms with Crippen molar-refractivity contribution in [2.24, 2.45) is 0 Å². The maximum Gasteiger partial charge on any atom is 0.338 e. The Balaban J connectivity index is 2.53. The molecule has 0 spiro atoms. The number of hydrogen-bond donors (Lipinski definition) is 1. The smallest absolute Gasteiger partial charge is 0.338 e. The molecule has 1 saturated carbocycles. The zero-order valence-corrected chi connectivity index (χ0v) is 8.91. The van der Waals surface area contributed by atoms with E-state index in [0.717, 1.165) is 24.0 Å². The van der Waals surface area contributed by atoms with Crippen molar-refractivity contribution in [3.05, 3.63) is 28.8 Å². The fourth-order valence-corrected chi connectivity index (χ4v) is 1.89. The summed E-state index contributed by atoms with van der Waals surface area (Å²) in [5.41, 5.74) is 2.33. The predicted molar refractivity (Wildman–Crippen MR) is 56.2 cm³/mol. The van der Waals surface area contributed by atoms with Crippen LogP contribution in [0.1, 0.15) is 40.2 Å². The van der Waals surface area contributed by atoms with Crippen LogP contribution in [0.3, 0.4) is 0 Å². The van der Waals surface area contributed by atoms with Gasteiger partial charge in [-0.1, -0.05) is 0 Å². The summed E-state index contributed by atoms with van der Waals surface area (Å²) in [6.45, 7) is 1.82. The molecular weight excluding hydrogens is 192 g/mol. The molecule has 80 valence electrons. The van der Waals surface area contributed by atoms with E-state index in [1.54, 1.807) is 12.1 Å². The Morgan fingerprint density at radius 1 is 1.47 bits per heavy atom. The molecule has 0 saturated heterocycles. The third-order valence-corrected chi connectivity index (χ3v) is 2.76. The molecule has 1 fully saturated rings. The lowest BCUT2D eigenvalue weighted by Crippen LogP contribution is -2.07. The van der Waals surface area contributed by atoms with Crippen LogP contribution in [0.25, 0.3) is 0 Å². The maximum absolute atomic E-state index is 11.6. The second-order valence-electron chi connectivity index (χ2n) is 3.99. The lowest BCUT2D eigenvalue weighted by Gasteiger charge is -2.10. The minimum Gasteiger partial charge on any atom is -0.508 e. The van der Waals surface area contributed by atoms with E-state index in [0.29, 0.717) is 11.5 Å². The molecule has 0 aromatic heterocycles. The molecule has 0 radical (unpaired) electrons. The third kappa shape index (κ3) is 1.82. The molecule has 3 heteroatoms. The van der Waals surface area contributed by atoms with Gasteiger partial charge in [0.2, 0.25) is 0 Å². The molecule has 15 heavy (non-hydrogen) atoms. The number of carbonyl (C=O) groups is 1. The van der Waals surface area contributed by atoms with E-state index in [9.17, 15) is 9.90 Å². The number of benzene rings is 1. The van der Waals surface area contributed by atoms with Gasteiger partial charge in [-0.15, -0.1) is 0 Å². The molecule has 0 unspecified atom stereocenters. The van der Waals surface area contributed by atoms with Crippen LogP contribution in [0, 0.1) is 6.92 Å². The van der Waals surface area contributed by atoms with E-state index < -0.39 is 0 Å². The lowest BCUT2D eigenvalue weighted by molar-refractivity contribution is 0.0598. The normalized spacial score (nSPS) is 15.1. The number of aryl methyl sites for hydroxylation is 1. The van der Waals surface area contributed by atoms with Gasteiger partial charge in [0.1, 0.15) is 5.75 Å². The number of esters is 1. The monoisotopic (exact) mass is 206 g/mol. The number of aromatic hydroxyl groups is 1. The van der Waals surface area contributed by atoms with Gasteiger partial charge in [0, 0.05) is 0 Å². The molecule has 0 atom stereocenters. The van der Waals surface area contributed by atoms with Gasteiger partial charge in [0.15, 0.2) is 0 Å². The SMILES string of the molecule is COC(=O)c1c(C)cc(O)cc1C1CC1. The quantitative estimate of drug-likeness (QED) is 0.755. The summed E-state index contributed by atoms with van der Waals surface area (Å²) in [5.74, 6) is 0.335. The van der Waals surface area contributed by atoms with E-state index in [1.165, 1.54) is 7.11 Å². The largest absolute Gasteiger partial charge is 0.508 e. The Labute approximate surface area is 88.7 Å². The molecule has 0 bridgehead atoms. The van der Waals surface area contributed by atoms with Crippen LogP contribution < -0.4 is 0 Å². The molecule has 1 N–H and O–H groups in total. The Hall–Kier alpha value is -1.51. The van der Waals surface area contributed by atoms with E-state index >= 15 is 0 Å². The molecule has 0 heterocycles. The second-order valence-corrected chi connectivity index (χ2v) is 3.99. The minimum absolute atomic E-state index is 0.224. The van der Waals surface area contributed by atoms with Crippen LogP contribution in [0.2, 0.25) is 0 Å². The Kier molecular flexibility index (Phi) is 2.39. The van der Waals surface area contributed by atoms with Crippen LogP contribution >= 0.6 is 0 Å². The second kappa shape index (κ2) is 3.57. The van der Waals surface area contributed by atoms with Crippen LogP contribution in [0.4, 0.5) is 0 Å². The highest BCUT2D eigenvalue weighted by Crippen LogP contribution is 2.43. The van der Waals surface area contributed by atoms with Crippen molar-refractivity contribution in [2.45, 2.75) is 25.7 Å². The van der Waals surface area contributed by atoms with Gasteiger partial charge in [0.05, 0.1) is 12.7 Å². The van der Waals surface area contributed by atoms with Crippen molar-refractivity contribution in [2.75, 3.05) is 7.11 Å². The average molecular weight is 206 g/mol. The van der Waals surface area contributed by atoms with Gasteiger partial charge in [-0.2, -0.15) is 0 Å². The molecule has 2 rings (SSSR count). The highest BCUT2D eigenvalue weighted by molar-refractivity contribution is 5.93. The van der Waals surface area contributed by atoms with Gasteiger partial charge in [-0.05, 0) is 48.9 Å². The van der Waals surface area contributed by atoms with Gasteiger partial charge < -0.3 is 9.84 Å². The molecular formula is C12H14O3. The Morgan fingerprint density at radius 3 is 2.67 bits per heavy atom. The molecule has 0 aliphatic heterocycles. The van der Waals surface area contributed by atoms with Crippen LogP contribution in [0.15, 0.2) is 12.1 Å². The fraction of sp³-hybridized carbons (Fsp3) is 0.417. The molecule has 1 aliphatic rings. The Bertz CT molecular complexity index is 406. The zero-order valence-electron chi connectivity index (χ0n) is 8.91. The summed E-state index contributed by atoms with van der Waals surface area (Å²) in [4.78, 5) is 11.6. The summed E-state index contributed by atoms with van der Waals surface area (Å²) in [6, 6.07) is 3.27. The highest BCUT2D eigenvalue weighted by Gasteiger charge is 2.29. The van der Waals surface area contributed by atoms with Crippen molar-refractivity contribution in [3.8, 4) is 5.75 Å². The zero-order chi connectivity index (χ0) is 11.0. The molecule has 1 aliphatic carbocycles. The summed E-state index contributed by atoms with van der Waals surface area (Å²) in [6.07, 6.45) is 2.18. The number of phenolic OH excluding ortho intramolecular Hbond substituents is 1. The first-order chi connectivity index (χ1) is 7.13. The third-order valence-electron chi connectivity index (χ3n) is 2.76. The van der Waals surface area contributed by atoms with Crippen molar-refractivity contribution in [3.63, 3.8) is 0 Å². The first kappa shape index (κ1) is 10.0. The number of ether oxygens (including phenoxy) is 1. The van der Waals surface area contributed by atoms with Gasteiger partial charge in [-0.25, -0.2) is 4.79 Å². The molecule has 1 aromatic carbocycles. The van der Waals surface area contributed by atoms with Crippen LogP contribution in [-0.4, -0.2) is 18.2 Å². The summed E-state index contributed by atoms with van der Waals surface area (Å²) < 4.78 is 4.75. The van der Waals surface area contributed by atoms with E-state index in [2.05, 4.69) is 0 Å². The number of rotatable bonds is 2. The molecule has 1 aromatic rings. The van der Waals surface area contributed by atoms with Gasteiger partial charge in [0.25, 0.3) is 0 Å². The minimum atomic E-state index is -0.311. The fourth-order valence-electron chi connectivity index (χ4n) is 1.89. The summed E-state index contributed by atoms with van der Waals surface area (Å²) in [7, 11) is 1.38. The van der Waals surface area contributed by atoms with Crippen LogP contribution in [-0.2, 0) is 4.74 Å². The number of phenols is 1. The first-order valence-electron chi connectivity index (χ1n) is 5.05. The molecule has 0 amide bonds. The standard InChI is InChI=1S/C12H14O3/c1-7-5-9(13)6-10(8-3-4-8)11(7)12(14)15-2/h5-6,8,13H,3-4H2,1-2H3. The predicted octanol–water partition coefficient (Wildman–Crippen LogP) is 2.36. The van der Waals surface area contributed by atoms with E-state index in [-0.39, 0.29) is 11.7 Å². The highest BCUT2D eigenvalue weighted by atomic mass is 16.5. The molecule has 3 nitrogen and oxygen atoms in total. The topological polar surface area (TPSA) is 46.5 Å². The summed E-state index contributed by atoms with van der Waals surface area (Å²) >= 11 is 0. The van der Waals surface area contributed by atoms with Crippen molar-refractivity contribution < 1.29 is 14.6 Å². The van der Waals surface area contributed by atoms with Crippen molar-refractivity contribution in [1.29, 1.82) is 0 Å². The maximum atomic E-state index is 11.6. The number of methoxy groups -OCH3 is 1. The summed E-state index contributed by atoms with van der Waals surface area (Å²) in [5, 5.41) is 9.50. The Morgan fingerprint density at radius 2 is 2.13 bits per heavy atom. The number of carbonyl (C=O) groups excluding carboxylic acids is 1. The first-order valence-corrected chi connectivity index (χ1v) is 5.05. The van der Waals surface area contributed by atoms with Gasteiger partial charge >= 0.3 is 5.97 Å². The lowest BCUT2D eigenvalue weighted by atomic mass is 9.98.